The summed E-state index contributed by atoms with van der Waals surface area (Å²) in [4.78, 5) is 24.7. The van der Waals surface area contributed by atoms with E-state index < -0.39 is 0 Å². The Bertz CT molecular complexity index is 615. The van der Waals surface area contributed by atoms with Crippen LogP contribution in [-0.2, 0) is 20.7 Å². The van der Waals surface area contributed by atoms with Gasteiger partial charge in [-0.25, -0.2) is 4.79 Å². The highest BCUT2D eigenvalue weighted by Gasteiger charge is 2.42. The molecule has 2 aliphatic rings. The average Bonchev–Trinajstić information content (AvgIpc) is 2.87. The minimum absolute atomic E-state index is 0.0270. The molecule has 2 heterocycles. The van der Waals surface area contributed by atoms with Crippen LogP contribution >= 0.6 is 11.8 Å². The fourth-order valence-electron chi connectivity index (χ4n) is 2.68. The van der Waals surface area contributed by atoms with E-state index in [4.69, 9.17) is 4.74 Å². The van der Waals surface area contributed by atoms with Crippen molar-refractivity contribution in [1.82, 2.24) is 10.6 Å². The standard InChI is InChI=1S/C16H18N2O3S/c1-10-12-14(19)17-9-18-15(12)22-13(10)16(20)21-8-7-11-5-3-2-4-6-11/h2-6,12,15,18H,7-9H2,1H3,(H,17,19). The number of ether oxygens (including phenoxy) is 1. The van der Waals surface area contributed by atoms with Crippen molar-refractivity contribution in [3.8, 4) is 0 Å². The van der Waals surface area contributed by atoms with Gasteiger partial charge in [0.2, 0.25) is 5.91 Å². The van der Waals surface area contributed by atoms with Crippen molar-refractivity contribution >= 4 is 23.6 Å². The first-order valence-electron chi connectivity index (χ1n) is 7.26. The van der Waals surface area contributed by atoms with Crippen LogP contribution in [0.15, 0.2) is 40.8 Å². The van der Waals surface area contributed by atoms with Gasteiger partial charge in [0.1, 0.15) is 0 Å². The number of fused-ring (bicyclic) bond motifs is 1. The molecule has 0 bridgehead atoms. The first-order valence-corrected chi connectivity index (χ1v) is 8.14. The molecule has 0 spiro atoms. The van der Waals surface area contributed by atoms with Gasteiger partial charge in [0.05, 0.1) is 29.5 Å². The summed E-state index contributed by atoms with van der Waals surface area (Å²) in [5.41, 5.74) is 1.93. The summed E-state index contributed by atoms with van der Waals surface area (Å²) >= 11 is 1.39. The van der Waals surface area contributed by atoms with Crippen molar-refractivity contribution in [3.05, 3.63) is 46.4 Å². The van der Waals surface area contributed by atoms with Crippen molar-refractivity contribution in [1.29, 1.82) is 0 Å². The van der Waals surface area contributed by atoms with Gasteiger partial charge in [-0.2, -0.15) is 0 Å². The predicted molar refractivity (Wildman–Crippen MR) is 84.8 cm³/mol. The molecule has 1 aromatic carbocycles. The van der Waals surface area contributed by atoms with Crippen LogP contribution in [0, 0.1) is 5.92 Å². The Hall–Kier alpha value is -1.79. The van der Waals surface area contributed by atoms with Crippen LogP contribution in [0.3, 0.4) is 0 Å². The Morgan fingerprint density at radius 2 is 2.14 bits per heavy atom. The van der Waals surface area contributed by atoms with Gasteiger partial charge in [0, 0.05) is 6.42 Å². The van der Waals surface area contributed by atoms with E-state index >= 15 is 0 Å². The van der Waals surface area contributed by atoms with E-state index in [2.05, 4.69) is 10.6 Å². The molecule has 116 valence electrons. The van der Waals surface area contributed by atoms with Gasteiger partial charge in [0.25, 0.3) is 0 Å². The van der Waals surface area contributed by atoms with E-state index in [0.29, 0.717) is 24.6 Å². The number of carbonyl (C=O) groups is 2. The lowest BCUT2D eigenvalue weighted by Crippen LogP contribution is -2.52. The topological polar surface area (TPSA) is 67.4 Å². The molecule has 0 radical (unpaired) electrons. The lowest BCUT2D eigenvalue weighted by molar-refractivity contribution is -0.138. The summed E-state index contributed by atoms with van der Waals surface area (Å²) in [6.45, 7) is 2.61. The number of rotatable bonds is 4. The molecule has 5 nitrogen and oxygen atoms in total. The number of hydrogen-bond donors (Lipinski definition) is 2. The Morgan fingerprint density at radius 1 is 1.36 bits per heavy atom. The van der Waals surface area contributed by atoms with E-state index in [1.165, 1.54) is 11.8 Å². The quantitative estimate of drug-likeness (QED) is 0.822. The van der Waals surface area contributed by atoms with Crippen molar-refractivity contribution in [2.24, 2.45) is 5.92 Å². The summed E-state index contributed by atoms with van der Waals surface area (Å²) in [6, 6.07) is 9.90. The molecule has 1 amide bonds. The lowest BCUT2D eigenvalue weighted by Gasteiger charge is -2.26. The van der Waals surface area contributed by atoms with Gasteiger partial charge in [-0.05, 0) is 18.1 Å². The second-order valence-electron chi connectivity index (χ2n) is 5.32. The van der Waals surface area contributed by atoms with E-state index in [0.717, 1.165) is 11.1 Å². The molecule has 0 aromatic heterocycles. The Kier molecular flexibility index (Phi) is 4.49. The largest absolute Gasteiger partial charge is 0.461 e. The maximum atomic E-state index is 12.2. The number of nitrogens with one attached hydrogen (secondary N) is 2. The van der Waals surface area contributed by atoms with Gasteiger partial charge in [-0.15, -0.1) is 0 Å². The third-order valence-electron chi connectivity index (χ3n) is 3.87. The number of carbonyl (C=O) groups excluding carboxylic acids is 2. The van der Waals surface area contributed by atoms with Crippen LogP contribution in [0.25, 0.3) is 0 Å². The number of amides is 1. The van der Waals surface area contributed by atoms with E-state index in [-0.39, 0.29) is 23.2 Å². The molecule has 22 heavy (non-hydrogen) atoms. The number of thioether (sulfide) groups is 1. The Balaban J connectivity index is 1.59. The summed E-state index contributed by atoms with van der Waals surface area (Å²) in [6.07, 6.45) is 0.690. The molecule has 2 atom stereocenters. The zero-order valence-electron chi connectivity index (χ0n) is 12.3. The zero-order chi connectivity index (χ0) is 15.5. The van der Waals surface area contributed by atoms with Crippen molar-refractivity contribution in [2.75, 3.05) is 13.3 Å². The normalized spacial score (nSPS) is 24.0. The lowest BCUT2D eigenvalue weighted by atomic mass is 9.98. The van der Waals surface area contributed by atoms with Crippen LogP contribution in [-0.4, -0.2) is 30.5 Å². The molecule has 2 unspecified atom stereocenters. The van der Waals surface area contributed by atoms with E-state index in [1.54, 1.807) is 0 Å². The average molecular weight is 318 g/mol. The molecular formula is C16H18N2O3S. The monoisotopic (exact) mass is 318 g/mol. The smallest absolute Gasteiger partial charge is 0.344 e. The first-order chi connectivity index (χ1) is 10.7. The van der Waals surface area contributed by atoms with Gasteiger partial charge >= 0.3 is 5.97 Å². The van der Waals surface area contributed by atoms with Crippen LogP contribution < -0.4 is 10.6 Å². The molecule has 1 fully saturated rings. The van der Waals surface area contributed by atoms with Gasteiger partial charge in [-0.3, -0.25) is 10.1 Å². The fourth-order valence-corrected chi connectivity index (χ4v) is 4.03. The fraction of sp³-hybridized carbons (Fsp3) is 0.375. The molecule has 3 rings (SSSR count). The highest BCUT2D eigenvalue weighted by atomic mass is 32.2. The molecule has 1 aromatic rings. The Morgan fingerprint density at radius 3 is 2.86 bits per heavy atom. The summed E-state index contributed by atoms with van der Waals surface area (Å²) in [5.74, 6) is -0.640. The number of esters is 1. The molecular weight excluding hydrogens is 300 g/mol. The van der Waals surface area contributed by atoms with Gasteiger partial charge in [-0.1, -0.05) is 42.1 Å². The van der Waals surface area contributed by atoms with Crippen LogP contribution in [0.1, 0.15) is 12.5 Å². The second-order valence-corrected chi connectivity index (χ2v) is 6.47. The van der Waals surface area contributed by atoms with Crippen molar-refractivity contribution in [2.45, 2.75) is 18.7 Å². The minimum atomic E-state index is -0.331. The van der Waals surface area contributed by atoms with Crippen molar-refractivity contribution < 1.29 is 14.3 Å². The molecule has 0 saturated carbocycles. The molecule has 0 aliphatic carbocycles. The van der Waals surface area contributed by atoms with Gasteiger partial charge in [0.15, 0.2) is 0 Å². The van der Waals surface area contributed by atoms with Crippen LogP contribution in [0.2, 0.25) is 0 Å². The highest BCUT2D eigenvalue weighted by Crippen LogP contribution is 2.42. The number of hydrogen-bond acceptors (Lipinski definition) is 5. The summed E-state index contributed by atoms with van der Waals surface area (Å²) < 4.78 is 5.36. The third kappa shape index (κ3) is 3.03. The van der Waals surface area contributed by atoms with Crippen molar-refractivity contribution in [3.63, 3.8) is 0 Å². The molecule has 2 aliphatic heterocycles. The number of benzene rings is 1. The summed E-state index contributed by atoms with van der Waals surface area (Å²) in [7, 11) is 0. The SMILES string of the molecule is CC1=C(C(=O)OCCc2ccccc2)SC2NCNC(=O)C12. The zero-order valence-corrected chi connectivity index (χ0v) is 13.1. The van der Waals surface area contributed by atoms with Crippen LogP contribution in [0.5, 0.6) is 0 Å². The highest BCUT2D eigenvalue weighted by molar-refractivity contribution is 8.04. The van der Waals surface area contributed by atoms with E-state index in [9.17, 15) is 9.59 Å². The summed E-state index contributed by atoms with van der Waals surface area (Å²) in [5, 5.41) is 5.88. The molecule has 2 N–H and O–H groups in total. The Labute approximate surface area is 133 Å². The minimum Gasteiger partial charge on any atom is -0.461 e. The van der Waals surface area contributed by atoms with Crippen LogP contribution in [0.4, 0.5) is 0 Å². The van der Waals surface area contributed by atoms with Gasteiger partial charge < -0.3 is 10.1 Å². The first kappa shape index (κ1) is 15.1. The third-order valence-corrected chi connectivity index (χ3v) is 5.29. The predicted octanol–water partition coefficient (Wildman–Crippen LogP) is 1.41. The maximum absolute atomic E-state index is 12.2. The second kappa shape index (κ2) is 6.54. The van der Waals surface area contributed by atoms with E-state index in [1.807, 2.05) is 37.3 Å². The maximum Gasteiger partial charge on any atom is 0.344 e. The molecule has 6 heteroatoms. The molecule has 1 saturated heterocycles.